The van der Waals surface area contributed by atoms with Crippen LogP contribution >= 0.6 is 0 Å². The van der Waals surface area contributed by atoms with E-state index in [1.807, 2.05) is 43.3 Å². The maximum Gasteiger partial charge on any atom is 0.255 e. The SMILES string of the molecule is CCc1cccc(NC(=O)c2ccc(-c3noc(CC)n3)cc2)c1. The van der Waals surface area contributed by atoms with Gasteiger partial charge in [0.2, 0.25) is 11.7 Å². The summed E-state index contributed by atoms with van der Waals surface area (Å²) in [5, 5.41) is 6.85. The Hall–Kier alpha value is -2.95. The van der Waals surface area contributed by atoms with Crippen LogP contribution in [0.25, 0.3) is 11.4 Å². The highest BCUT2D eigenvalue weighted by Gasteiger charge is 2.10. The number of hydrogen-bond donors (Lipinski definition) is 1. The fourth-order valence-corrected chi connectivity index (χ4v) is 2.36. The number of aromatic nitrogens is 2. The zero-order chi connectivity index (χ0) is 16.9. The Bertz CT molecular complexity index is 838. The number of rotatable bonds is 5. The summed E-state index contributed by atoms with van der Waals surface area (Å²) in [5.74, 6) is 0.995. The Morgan fingerprint density at radius 1 is 1.08 bits per heavy atom. The summed E-state index contributed by atoms with van der Waals surface area (Å²) in [6.07, 6.45) is 1.63. The lowest BCUT2D eigenvalue weighted by Gasteiger charge is -2.07. The lowest BCUT2D eigenvalue weighted by molar-refractivity contribution is 0.102. The smallest absolute Gasteiger partial charge is 0.255 e. The number of nitrogens with zero attached hydrogens (tertiary/aromatic N) is 2. The number of benzene rings is 2. The van der Waals surface area contributed by atoms with E-state index in [9.17, 15) is 4.79 Å². The summed E-state index contributed by atoms with van der Waals surface area (Å²) in [5.41, 5.74) is 3.39. The molecule has 0 fully saturated rings. The van der Waals surface area contributed by atoms with Crippen molar-refractivity contribution in [3.63, 3.8) is 0 Å². The molecule has 0 aliphatic rings. The van der Waals surface area contributed by atoms with Crippen molar-refractivity contribution in [1.29, 1.82) is 0 Å². The van der Waals surface area contributed by atoms with Crippen molar-refractivity contribution < 1.29 is 9.32 Å². The van der Waals surface area contributed by atoms with Crippen molar-refractivity contribution in [2.75, 3.05) is 5.32 Å². The lowest BCUT2D eigenvalue weighted by atomic mass is 10.1. The highest BCUT2D eigenvalue weighted by Crippen LogP contribution is 2.18. The largest absolute Gasteiger partial charge is 0.339 e. The van der Waals surface area contributed by atoms with E-state index in [1.54, 1.807) is 12.1 Å². The summed E-state index contributed by atoms with van der Waals surface area (Å²) in [7, 11) is 0. The Labute approximate surface area is 140 Å². The van der Waals surface area contributed by atoms with Crippen LogP contribution in [-0.4, -0.2) is 16.0 Å². The van der Waals surface area contributed by atoms with Crippen LogP contribution in [0.1, 0.15) is 35.7 Å². The minimum absolute atomic E-state index is 0.142. The topological polar surface area (TPSA) is 68.0 Å². The molecular weight excluding hydrogens is 302 g/mol. The first-order valence-electron chi connectivity index (χ1n) is 8.03. The monoisotopic (exact) mass is 321 g/mol. The second-order valence-electron chi connectivity index (χ2n) is 5.45. The average molecular weight is 321 g/mol. The van der Waals surface area contributed by atoms with Gasteiger partial charge in [0.1, 0.15) is 0 Å². The average Bonchev–Trinajstić information content (AvgIpc) is 3.11. The van der Waals surface area contributed by atoms with Crippen molar-refractivity contribution >= 4 is 11.6 Å². The van der Waals surface area contributed by atoms with E-state index in [4.69, 9.17) is 4.52 Å². The second-order valence-corrected chi connectivity index (χ2v) is 5.45. The molecule has 2 aromatic carbocycles. The van der Waals surface area contributed by atoms with Crippen molar-refractivity contribution in [1.82, 2.24) is 10.1 Å². The van der Waals surface area contributed by atoms with Gasteiger partial charge >= 0.3 is 0 Å². The first-order chi connectivity index (χ1) is 11.7. The van der Waals surface area contributed by atoms with E-state index in [1.165, 1.54) is 5.56 Å². The van der Waals surface area contributed by atoms with Gasteiger partial charge in [-0.15, -0.1) is 0 Å². The molecule has 1 amide bonds. The number of nitrogens with one attached hydrogen (secondary N) is 1. The van der Waals surface area contributed by atoms with Gasteiger partial charge in [-0.2, -0.15) is 4.98 Å². The van der Waals surface area contributed by atoms with Crippen LogP contribution in [0.15, 0.2) is 53.1 Å². The molecule has 0 atom stereocenters. The molecule has 1 heterocycles. The molecule has 0 saturated carbocycles. The number of aryl methyl sites for hydroxylation is 2. The molecule has 0 bridgehead atoms. The molecule has 3 aromatic rings. The van der Waals surface area contributed by atoms with Gasteiger partial charge in [-0.05, 0) is 36.2 Å². The van der Waals surface area contributed by atoms with Gasteiger partial charge in [0, 0.05) is 23.2 Å². The van der Waals surface area contributed by atoms with E-state index in [2.05, 4.69) is 22.4 Å². The van der Waals surface area contributed by atoms with Gasteiger partial charge in [-0.1, -0.05) is 43.3 Å². The number of anilines is 1. The van der Waals surface area contributed by atoms with E-state index >= 15 is 0 Å². The van der Waals surface area contributed by atoms with Crippen LogP contribution in [0.4, 0.5) is 5.69 Å². The summed E-state index contributed by atoms with van der Waals surface area (Å²) in [4.78, 5) is 16.6. The fourth-order valence-electron chi connectivity index (χ4n) is 2.36. The van der Waals surface area contributed by atoms with Crippen molar-refractivity contribution in [2.24, 2.45) is 0 Å². The first-order valence-corrected chi connectivity index (χ1v) is 8.03. The molecule has 122 valence electrons. The Morgan fingerprint density at radius 2 is 1.88 bits per heavy atom. The number of carbonyl (C=O) groups excluding carboxylic acids is 1. The van der Waals surface area contributed by atoms with E-state index in [0.29, 0.717) is 23.7 Å². The third kappa shape index (κ3) is 3.51. The molecule has 0 aliphatic heterocycles. The van der Waals surface area contributed by atoms with E-state index in [-0.39, 0.29) is 5.91 Å². The molecular formula is C19H19N3O2. The van der Waals surface area contributed by atoms with Crippen molar-refractivity contribution in [3.05, 3.63) is 65.5 Å². The number of amides is 1. The molecule has 24 heavy (non-hydrogen) atoms. The number of carbonyl (C=O) groups is 1. The zero-order valence-corrected chi connectivity index (χ0v) is 13.7. The van der Waals surface area contributed by atoms with Gasteiger partial charge in [0.05, 0.1) is 0 Å². The molecule has 0 saturated heterocycles. The van der Waals surface area contributed by atoms with Gasteiger partial charge in [-0.3, -0.25) is 4.79 Å². The third-order valence-corrected chi connectivity index (χ3v) is 3.77. The molecule has 1 N–H and O–H groups in total. The van der Waals surface area contributed by atoms with Crippen molar-refractivity contribution in [3.8, 4) is 11.4 Å². The molecule has 0 spiro atoms. The van der Waals surface area contributed by atoms with Gasteiger partial charge in [-0.25, -0.2) is 0 Å². The Balaban J connectivity index is 1.73. The molecule has 5 nitrogen and oxygen atoms in total. The highest BCUT2D eigenvalue weighted by atomic mass is 16.5. The lowest BCUT2D eigenvalue weighted by Crippen LogP contribution is -2.11. The molecule has 0 aliphatic carbocycles. The molecule has 5 heteroatoms. The Morgan fingerprint density at radius 3 is 2.54 bits per heavy atom. The van der Waals surface area contributed by atoms with Crippen LogP contribution < -0.4 is 5.32 Å². The van der Waals surface area contributed by atoms with Gasteiger partial charge in [0.25, 0.3) is 5.91 Å². The summed E-state index contributed by atoms with van der Waals surface area (Å²) >= 11 is 0. The normalized spacial score (nSPS) is 10.6. The molecule has 3 rings (SSSR count). The Kier molecular flexibility index (Phi) is 4.70. The van der Waals surface area contributed by atoms with Crippen LogP contribution in [0.5, 0.6) is 0 Å². The minimum atomic E-state index is -0.142. The van der Waals surface area contributed by atoms with Crippen LogP contribution in [-0.2, 0) is 12.8 Å². The van der Waals surface area contributed by atoms with Crippen LogP contribution in [0.3, 0.4) is 0 Å². The summed E-state index contributed by atoms with van der Waals surface area (Å²) in [6, 6.07) is 15.0. The predicted octanol–water partition coefficient (Wildman–Crippen LogP) is 4.11. The predicted molar refractivity (Wildman–Crippen MR) is 92.9 cm³/mol. The van der Waals surface area contributed by atoms with Gasteiger partial charge in [0.15, 0.2) is 0 Å². The van der Waals surface area contributed by atoms with E-state index < -0.39 is 0 Å². The fraction of sp³-hybridized carbons (Fsp3) is 0.211. The van der Waals surface area contributed by atoms with Crippen molar-refractivity contribution in [2.45, 2.75) is 26.7 Å². The molecule has 0 unspecified atom stereocenters. The zero-order valence-electron chi connectivity index (χ0n) is 13.7. The molecule has 1 aromatic heterocycles. The van der Waals surface area contributed by atoms with Crippen LogP contribution in [0.2, 0.25) is 0 Å². The maximum atomic E-state index is 12.4. The third-order valence-electron chi connectivity index (χ3n) is 3.77. The maximum absolute atomic E-state index is 12.4. The summed E-state index contributed by atoms with van der Waals surface area (Å²) < 4.78 is 5.11. The second kappa shape index (κ2) is 7.08. The van der Waals surface area contributed by atoms with Gasteiger partial charge < -0.3 is 9.84 Å². The standard InChI is InChI=1S/C19H19N3O2/c1-3-13-6-5-7-16(12-13)20-19(23)15-10-8-14(9-11-15)18-21-17(4-2)24-22-18/h5-12H,3-4H2,1-2H3,(H,20,23). The number of hydrogen-bond acceptors (Lipinski definition) is 4. The minimum Gasteiger partial charge on any atom is -0.339 e. The first kappa shape index (κ1) is 15.9. The highest BCUT2D eigenvalue weighted by molar-refractivity contribution is 6.04. The summed E-state index contributed by atoms with van der Waals surface area (Å²) in [6.45, 7) is 4.04. The quantitative estimate of drug-likeness (QED) is 0.767. The van der Waals surface area contributed by atoms with Crippen LogP contribution in [0, 0.1) is 0 Å². The molecule has 0 radical (unpaired) electrons. The van der Waals surface area contributed by atoms with E-state index in [0.717, 1.165) is 17.7 Å².